The van der Waals surface area contributed by atoms with Crippen LogP contribution in [0.15, 0.2) is 17.2 Å². The highest BCUT2D eigenvalue weighted by Gasteiger charge is 2.03. The lowest BCUT2D eigenvalue weighted by molar-refractivity contribution is 0.636. The summed E-state index contributed by atoms with van der Waals surface area (Å²) in [6, 6.07) is 3.52. The SMILES string of the molecule is CCC(C)CSc1cc(N)cc(Cl)n1. The molecule has 2 N–H and O–H groups in total. The van der Waals surface area contributed by atoms with Crippen molar-refractivity contribution in [2.24, 2.45) is 5.92 Å². The first-order valence-electron chi connectivity index (χ1n) is 4.67. The third-order valence-corrected chi connectivity index (χ3v) is 3.44. The molecule has 1 aromatic heterocycles. The number of hydrogen-bond donors (Lipinski definition) is 1. The normalized spacial score (nSPS) is 12.8. The molecule has 1 rings (SSSR count). The van der Waals surface area contributed by atoms with Gasteiger partial charge in [0.15, 0.2) is 0 Å². The smallest absolute Gasteiger partial charge is 0.132 e. The van der Waals surface area contributed by atoms with Crippen LogP contribution in [0, 0.1) is 5.92 Å². The Morgan fingerprint density at radius 1 is 1.57 bits per heavy atom. The summed E-state index contributed by atoms with van der Waals surface area (Å²) in [4.78, 5) is 4.19. The molecule has 2 nitrogen and oxygen atoms in total. The van der Waals surface area contributed by atoms with Crippen molar-refractivity contribution in [3.8, 4) is 0 Å². The zero-order chi connectivity index (χ0) is 10.6. The van der Waals surface area contributed by atoms with Crippen LogP contribution in [0.1, 0.15) is 20.3 Å². The molecule has 0 aliphatic carbocycles. The number of halogens is 1. The average molecular weight is 231 g/mol. The van der Waals surface area contributed by atoms with Crippen molar-refractivity contribution in [2.75, 3.05) is 11.5 Å². The summed E-state index contributed by atoms with van der Waals surface area (Å²) < 4.78 is 0. The van der Waals surface area contributed by atoms with Crippen LogP contribution >= 0.6 is 23.4 Å². The Balaban J connectivity index is 2.58. The second-order valence-corrected chi connectivity index (χ2v) is 4.81. The molecule has 0 saturated carbocycles. The molecule has 0 aliphatic rings. The summed E-state index contributed by atoms with van der Waals surface area (Å²) in [5.41, 5.74) is 6.34. The predicted octanol–water partition coefficient (Wildman–Crippen LogP) is 3.46. The molecular weight excluding hydrogens is 216 g/mol. The summed E-state index contributed by atoms with van der Waals surface area (Å²) in [6.45, 7) is 4.41. The molecule has 78 valence electrons. The van der Waals surface area contributed by atoms with Gasteiger partial charge < -0.3 is 5.73 Å². The lowest BCUT2D eigenvalue weighted by Gasteiger charge is -2.07. The van der Waals surface area contributed by atoms with Gasteiger partial charge in [-0.15, -0.1) is 11.8 Å². The number of anilines is 1. The van der Waals surface area contributed by atoms with Crippen LogP contribution in [-0.2, 0) is 0 Å². The Morgan fingerprint density at radius 2 is 2.29 bits per heavy atom. The van der Waals surface area contributed by atoms with Gasteiger partial charge in [0.2, 0.25) is 0 Å². The zero-order valence-electron chi connectivity index (χ0n) is 8.46. The Labute approximate surface area is 94.2 Å². The molecule has 0 saturated heterocycles. The van der Waals surface area contributed by atoms with Crippen molar-refractivity contribution in [3.05, 3.63) is 17.3 Å². The Hall–Kier alpha value is -0.410. The van der Waals surface area contributed by atoms with Crippen LogP contribution in [0.25, 0.3) is 0 Å². The zero-order valence-corrected chi connectivity index (χ0v) is 10.0. The van der Waals surface area contributed by atoms with E-state index in [0.29, 0.717) is 16.8 Å². The molecule has 0 aromatic carbocycles. The van der Waals surface area contributed by atoms with Crippen molar-refractivity contribution in [1.29, 1.82) is 0 Å². The van der Waals surface area contributed by atoms with E-state index in [1.807, 2.05) is 6.07 Å². The molecule has 1 unspecified atom stereocenters. The fraction of sp³-hybridized carbons (Fsp3) is 0.500. The fourth-order valence-corrected chi connectivity index (χ4v) is 2.25. The highest BCUT2D eigenvalue weighted by Crippen LogP contribution is 2.23. The van der Waals surface area contributed by atoms with E-state index in [1.54, 1.807) is 17.8 Å². The van der Waals surface area contributed by atoms with E-state index in [2.05, 4.69) is 18.8 Å². The van der Waals surface area contributed by atoms with Gasteiger partial charge in [0.05, 0.1) is 5.03 Å². The fourth-order valence-electron chi connectivity index (χ4n) is 0.911. The first kappa shape index (κ1) is 11.7. The quantitative estimate of drug-likeness (QED) is 0.636. The van der Waals surface area contributed by atoms with Gasteiger partial charge in [-0.25, -0.2) is 4.98 Å². The van der Waals surface area contributed by atoms with Crippen LogP contribution in [0.3, 0.4) is 0 Å². The van der Waals surface area contributed by atoms with Crippen molar-refractivity contribution in [1.82, 2.24) is 4.98 Å². The summed E-state index contributed by atoms with van der Waals surface area (Å²) in [5.74, 6) is 1.76. The van der Waals surface area contributed by atoms with Crippen molar-refractivity contribution >= 4 is 29.1 Å². The van der Waals surface area contributed by atoms with Crippen molar-refractivity contribution in [3.63, 3.8) is 0 Å². The number of nitrogen functional groups attached to an aromatic ring is 1. The van der Waals surface area contributed by atoms with Gasteiger partial charge in [-0.2, -0.15) is 0 Å². The van der Waals surface area contributed by atoms with Crippen LogP contribution in [0.5, 0.6) is 0 Å². The van der Waals surface area contributed by atoms with Crippen LogP contribution < -0.4 is 5.73 Å². The maximum atomic E-state index is 5.79. The van der Waals surface area contributed by atoms with Gasteiger partial charge in [0.1, 0.15) is 5.15 Å². The predicted molar refractivity (Wildman–Crippen MR) is 63.8 cm³/mol. The van der Waals surface area contributed by atoms with E-state index < -0.39 is 0 Å². The minimum atomic E-state index is 0.469. The largest absolute Gasteiger partial charge is 0.399 e. The number of nitrogens with zero attached hydrogens (tertiary/aromatic N) is 1. The molecule has 0 fully saturated rings. The number of thioether (sulfide) groups is 1. The van der Waals surface area contributed by atoms with Gasteiger partial charge in [0.25, 0.3) is 0 Å². The highest BCUT2D eigenvalue weighted by molar-refractivity contribution is 7.99. The number of aromatic nitrogens is 1. The highest BCUT2D eigenvalue weighted by atomic mass is 35.5. The first-order valence-corrected chi connectivity index (χ1v) is 6.04. The minimum Gasteiger partial charge on any atom is -0.399 e. The molecule has 1 atom stereocenters. The topological polar surface area (TPSA) is 38.9 Å². The standard InChI is InChI=1S/C10H15ClN2S/c1-3-7(2)6-14-10-5-8(12)4-9(11)13-10/h4-5,7H,3,6H2,1-2H3,(H2,12,13). The summed E-state index contributed by atoms with van der Waals surface area (Å²) in [6.07, 6.45) is 1.18. The first-order chi connectivity index (χ1) is 6.61. The average Bonchev–Trinajstić information content (AvgIpc) is 2.12. The van der Waals surface area contributed by atoms with Crippen LogP contribution in [0.2, 0.25) is 5.15 Å². The maximum Gasteiger partial charge on any atom is 0.132 e. The van der Waals surface area contributed by atoms with Gasteiger partial charge in [-0.3, -0.25) is 0 Å². The molecule has 0 radical (unpaired) electrons. The molecule has 1 heterocycles. The van der Waals surface area contributed by atoms with Crippen LogP contribution in [0.4, 0.5) is 5.69 Å². The second-order valence-electron chi connectivity index (χ2n) is 3.39. The molecule has 0 spiro atoms. The lowest BCUT2D eigenvalue weighted by Crippen LogP contribution is -1.96. The van der Waals surface area contributed by atoms with E-state index >= 15 is 0 Å². The van der Waals surface area contributed by atoms with Gasteiger partial charge >= 0.3 is 0 Å². The van der Waals surface area contributed by atoms with Crippen molar-refractivity contribution in [2.45, 2.75) is 25.3 Å². The number of rotatable bonds is 4. The van der Waals surface area contributed by atoms with E-state index in [-0.39, 0.29) is 0 Å². The van der Waals surface area contributed by atoms with Crippen LogP contribution in [-0.4, -0.2) is 10.7 Å². The number of hydrogen-bond acceptors (Lipinski definition) is 3. The lowest BCUT2D eigenvalue weighted by atomic mass is 10.2. The monoisotopic (exact) mass is 230 g/mol. The molecular formula is C10H15ClN2S. The Kier molecular flexibility index (Phi) is 4.55. The van der Waals surface area contributed by atoms with E-state index in [4.69, 9.17) is 17.3 Å². The molecule has 0 amide bonds. The van der Waals surface area contributed by atoms with E-state index in [9.17, 15) is 0 Å². The second kappa shape index (κ2) is 5.47. The summed E-state index contributed by atoms with van der Waals surface area (Å²) in [7, 11) is 0. The van der Waals surface area contributed by atoms with E-state index in [1.165, 1.54) is 6.42 Å². The number of pyridine rings is 1. The van der Waals surface area contributed by atoms with E-state index in [0.717, 1.165) is 10.8 Å². The number of nitrogens with two attached hydrogens (primary N) is 1. The molecule has 0 bridgehead atoms. The van der Waals surface area contributed by atoms with Gasteiger partial charge in [-0.1, -0.05) is 31.9 Å². The Bertz CT molecular complexity index is 284. The third kappa shape index (κ3) is 3.76. The van der Waals surface area contributed by atoms with Gasteiger partial charge in [0, 0.05) is 11.4 Å². The Morgan fingerprint density at radius 3 is 2.86 bits per heavy atom. The summed E-state index contributed by atoms with van der Waals surface area (Å²) in [5, 5.41) is 1.38. The maximum absolute atomic E-state index is 5.79. The molecule has 14 heavy (non-hydrogen) atoms. The minimum absolute atomic E-state index is 0.469. The summed E-state index contributed by atoms with van der Waals surface area (Å²) >= 11 is 7.50. The molecule has 0 aliphatic heterocycles. The molecule has 1 aromatic rings. The van der Waals surface area contributed by atoms with Gasteiger partial charge in [-0.05, 0) is 18.1 Å². The molecule has 4 heteroatoms. The van der Waals surface area contributed by atoms with Crippen molar-refractivity contribution < 1.29 is 0 Å². The third-order valence-electron chi connectivity index (χ3n) is 2.01.